The van der Waals surface area contributed by atoms with E-state index in [0.717, 1.165) is 61.8 Å². The number of hydrogen-bond donors (Lipinski definition) is 1. The highest BCUT2D eigenvalue weighted by atomic mass is 16.5. The van der Waals surface area contributed by atoms with E-state index in [1.54, 1.807) is 0 Å². The van der Waals surface area contributed by atoms with Gasteiger partial charge in [0.15, 0.2) is 0 Å². The molecule has 0 spiro atoms. The number of ether oxygens (including phenoxy) is 1. The number of piperazine rings is 1. The van der Waals surface area contributed by atoms with E-state index in [1.165, 1.54) is 10.8 Å². The number of fused-ring (bicyclic) bond motifs is 1. The molecule has 2 aliphatic heterocycles. The smallest absolute Gasteiger partial charge is 0.137 e. The molecule has 3 aromatic rings. The van der Waals surface area contributed by atoms with E-state index >= 15 is 0 Å². The minimum absolute atomic E-state index is 0.0206. The summed E-state index contributed by atoms with van der Waals surface area (Å²) in [5.41, 5.74) is 3.24. The van der Waals surface area contributed by atoms with Crippen molar-refractivity contribution in [2.24, 2.45) is 0 Å². The van der Waals surface area contributed by atoms with Gasteiger partial charge in [0, 0.05) is 50.2 Å². The fourth-order valence-corrected chi connectivity index (χ4v) is 4.73. The van der Waals surface area contributed by atoms with Crippen molar-refractivity contribution in [1.29, 1.82) is 0 Å². The fourth-order valence-electron chi connectivity index (χ4n) is 4.73. The molecule has 2 fully saturated rings. The third kappa shape index (κ3) is 4.31. The van der Waals surface area contributed by atoms with Crippen LogP contribution in [0.25, 0.3) is 22.0 Å². The summed E-state index contributed by atoms with van der Waals surface area (Å²) >= 11 is 0. The van der Waals surface area contributed by atoms with Crippen LogP contribution in [0.1, 0.15) is 31.4 Å². The van der Waals surface area contributed by atoms with Gasteiger partial charge in [0.05, 0.1) is 17.9 Å². The highest BCUT2D eigenvalue weighted by Gasteiger charge is 2.23. The predicted octanol–water partition coefficient (Wildman–Crippen LogP) is 4.26. The van der Waals surface area contributed by atoms with Gasteiger partial charge in [0.1, 0.15) is 5.82 Å². The Kier molecular flexibility index (Phi) is 5.90. The van der Waals surface area contributed by atoms with Crippen molar-refractivity contribution in [2.45, 2.75) is 32.0 Å². The van der Waals surface area contributed by atoms with Crippen molar-refractivity contribution >= 4 is 16.6 Å². The predicted molar refractivity (Wildman–Crippen MR) is 125 cm³/mol. The number of nitrogens with zero attached hydrogens (tertiary/aromatic N) is 3. The first-order chi connectivity index (χ1) is 15.2. The minimum atomic E-state index is -0.267. The molecule has 0 aliphatic carbocycles. The van der Waals surface area contributed by atoms with E-state index in [2.05, 4.69) is 71.3 Å². The molecule has 0 radical (unpaired) electrons. The normalized spacial score (nSPS) is 22.7. The average Bonchev–Trinajstić information content (AvgIpc) is 2.83. The molecule has 162 valence electrons. The van der Waals surface area contributed by atoms with Gasteiger partial charge < -0.3 is 19.6 Å². The van der Waals surface area contributed by atoms with E-state index in [4.69, 9.17) is 9.72 Å². The number of rotatable bonds is 4. The molecule has 5 heteroatoms. The first-order valence-corrected chi connectivity index (χ1v) is 11.5. The second kappa shape index (κ2) is 8.95. The van der Waals surface area contributed by atoms with Crippen LogP contribution in [-0.4, -0.2) is 60.4 Å². The van der Waals surface area contributed by atoms with Crippen LogP contribution < -0.4 is 4.90 Å². The Bertz CT molecular complexity index is 1030. The number of pyridine rings is 1. The Morgan fingerprint density at radius 2 is 1.81 bits per heavy atom. The zero-order chi connectivity index (χ0) is 21.2. The first kappa shape index (κ1) is 20.4. The molecule has 2 atom stereocenters. The monoisotopic (exact) mass is 417 g/mol. The molecule has 2 saturated heterocycles. The van der Waals surface area contributed by atoms with E-state index < -0.39 is 0 Å². The van der Waals surface area contributed by atoms with Gasteiger partial charge in [-0.25, -0.2) is 4.98 Å². The van der Waals surface area contributed by atoms with Crippen LogP contribution in [0.2, 0.25) is 0 Å². The summed E-state index contributed by atoms with van der Waals surface area (Å²) < 4.78 is 5.87. The number of anilines is 1. The summed E-state index contributed by atoms with van der Waals surface area (Å²) in [6.45, 7) is 8.14. The van der Waals surface area contributed by atoms with Crippen molar-refractivity contribution in [3.63, 3.8) is 0 Å². The second-order valence-corrected chi connectivity index (χ2v) is 8.63. The van der Waals surface area contributed by atoms with Crippen LogP contribution >= 0.6 is 0 Å². The Hall–Kier alpha value is -2.47. The summed E-state index contributed by atoms with van der Waals surface area (Å²) in [4.78, 5) is 10.1. The lowest BCUT2D eigenvalue weighted by Gasteiger charge is -2.35. The molecule has 5 rings (SSSR count). The van der Waals surface area contributed by atoms with Gasteiger partial charge in [0.2, 0.25) is 0 Å². The van der Waals surface area contributed by atoms with E-state index in [-0.39, 0.29) is 12.2 Å². The van der Waals surface area contributed by atoms with Gasteiger partial charge in [-0.15, -0.1) is 0 Å². The Morgan fingerprint density at radius 3 is 2.55 bits per heavy atom. The third-order valence-electron chi connectivity index (χ3n) is 6.67. The number of aromatic nitrogens is 1. The van der Waals surface area contributed by atoms with Gasteiger partial charge in [-0.1, -0.05) is 55.5 Å². The standard InChI is InChI=1S/C26H31N3O2/c1-2-28-12-14-29(15-13-28)26-23-6-4-3-5-21(23)17-24(27-26)19-7-9-20(10-8-19)25-18-22(30)11-16-31-25/h3-10,17,22,25,30H,2,11-16,18H2,1H3/t22-,25?/m0/s1. The molecule has 3 heterocycles. The number of benzene rings is 2. The summed E-state index contributed by atoms with van der Waals surface area (Å²) in [5.74, 6) is 1.09. The first-order valence-electron chi connectivity index (χ1n) is 11.5. The molecule has 0 bridgehead atoms. The van der Waals surface area contributed by atoms with Crippen LogP contribution in [0.3, 0.4) is 0 Å². The van der Waals surface area contributed by atoms with Gasteiger partial charge >= 0.3 is 0 Å². The third-order valence-corrected chi connectivity index (χ3v) is 6.67. The largest absolute Gasteiger partial charge is 0.393 e. The Balaban J connectivity index is 1.46. The molecule has 0 amide bonds. The van der Waals surface area contributed by atoms with Crippen LogP contribution in [0.15, 0.2) is 54.6 Å². The summed E-state index contributed by atoms with van der Waals surface area (Å²) in [7, 11) is 0. The van der Waals surface area contributed by atoms with Crippen molar-refractivity contribution in [3.8, 4) is 11.3 Å². The lowest BCUT2D eigenvalue weighted by Crippen LogP contribution is -2.46. The van der Waals surface area contributed by atoms with Crippen LogP contribution in [-0.2, 0) is 4.74 Å². The number of aliphatic hydroxyl groups is 1. The van der Waals surface area contributed by atoms with Crippen molar-refractivity contribution in [3.05, 3.63) is 60.2 Å². The summed E-state index contributed by atoms with van der Waals surface area (Å²) in [6, 6.07) is 19.3. The van der Waals surface area contributed by atoms with E-state index in [0.29, 0.717) is 13.0 Å². The maximum absolute atomic E-state index is 9.96. The molecule has 5 nitrogen and oxygen atoms in total. The zero-order valence-corrected chi connectivity index (χ0v) is 18.2. The Morgan fingerprint density at radius 1 is 1.03 bits per heavy atom. The molecular weight excluding hydrogens is 386 g/mol. The topological polar surface area (TPSA) is 48.8 Å². The summed E-state index contributed by atoms with van der Waals surface area (Å²) in [5, 5.41) is 12.4. The summed E-state index contributed by atoms with van der Waals surface area (Å²) in [6.07, 6.45) is 1.11. The lowest BCUT2D eigenvalue weighted by atomic mass is 9.97. The van der Waals surface area contributed by atoms with Crippen LogP contribution in [0, 0.1) is 0 Å². The number of hydrogen-bond acceptors (Lipinski definition) is 5. The maximum atomic E-state index is 9.96. The van der Waals surface area contributed by atoms with Crippen molar-refractivity contribution < 1.29 is 9.84 Å². The molecule has 2 aromatic carbocycles. The molecule has 31 heavy (non-hydrogen) atoms. The minimum Gasteiger partial charge on any atom is -0.393 e. The maximum Gasteiger partial charge on any atom is 0.137 e. The SMILES string of the molecule is CCN1CCN(c2nc(-c3ccc(C4C[C@@H](O)CCO4)cc3)cc3ccccc23)CC1. The molecule has 2 aliphatic rings. The average molecular weight is 418 g/mol. The number of likely N-dealkylation sites (N-methyl/N-ethyl adjacent to an activating group) is 1. The lowest BCUT2D eigenvalue weighted by molar-refractivity contribution is -0.0447. The molecule has 1 N–H and O–H groups in total. The van der Waals surface area contributed by atoms with E-state index in [9.17, 15) is 5.11 Å². The highest BCUT2D eigenvalue weighted by molar-refractivity contribution is 5.95. The number of aliphatic hydroxyl groups excluding tert-OH is 1. The van der Waals surface area contributed by atoms with Crippen molar-refractivity contribution in [1.82, 2.24) is 9.88 Å². The molecule has 0 saturated carbocycles. The quantitative estimate of drug-likeness (QED) is 0.688. The van der Waals surface area contributed by atoms with E-state index in [1.807, 2.05) is 0 Å². The molecular formula is C26H31N3O2. The van der Waals surface area contributed by atoms with Crippen molar-refractivity contribution in [2.75, 3.05) is 44.2 Å². The Labute approximate surface area is 184 Å². The van der Waals surface area contributed by atoms with Gasteiger partial charge in [0.25, 0.3) is 0 Å². The van der Waals surface area contributed by atoms with Crippen LogP contribution in [0.5, 0.6) is 0 Å². The van der Waals surface area contributed by atoms with Gasteiger partial charge in [-0.2, -0.15) is 0 Å². The second-order valence-electron chi connectivity index (χ2n) is 8.63. The zero-order valence-electron chi connectivity index (χ0n) is 18.2. The molecule has 1 unspecified atom stereocenters. The molecule has 1 aromatic heterocycles. The van der Waals surface area contributed by atoms with Gasteiger partial charge in [-0.3, -0.25) is 0 Å². The highest BCUT2D eigenvalue weighted by Crippen LogP contribution is 2.33. The fraction of sp³-hybridized carbons (Fsp3) is 0.423. The van der Waals surface area contributed by atoms with Crippen LogP contribution in [0.4, 0.5) is 5.82 Å². The van der Waals surface area contributed by atoms with Gasteiger partial charge in [-0.05, 0) is 30.0 Å².